The Bertz CT molecular complexity index is 598. The minimum absolute atomic E-state index is 0.0622. The van der Waals surface area contributed by atoms with E-state index in [-0.39, 0.29) is 38.1 Å². The van der Waals surface area contributed by atoms with Crippen LogP contribution in [0.1, 0.15) is 23.7 Å². The summed E-state index contributed by atoms with van der Waals surface area (Å²) in [5.41, 5.74) is 0.775. The fraction of sp³-hybridized carbons (Fsp3) is 0.400. The molecule has 2 rings (SSSR count). The molecule has 0 aliphatic carbocycles. The summed E-state index contributed by atoms with van der Waals surface area (Å²) in [6.45, 7) is 2.01. The predicted molar refractivity (Wildman–Crippen MR) is 77.5 cm³/mol. The molecule has 0 atom stereocenters. The number of hydrogen-bond donors (Lipinski definition) is 0. The number of nitrogens with zero attached hydrogens (tertiary/aromatic N) is 1. The summed E-state index contributed by atoms with van der Waals surface area (Å²) in [6, 6.07) is 3.07. The summed E-state index contributed by atoms with van der Waals surface area (Å²) in [6.07, 6.45) is 0.720. The number of anilines is 1. The van der Waals surface area contributed by atoms with Crippen molar-refractivity contribution >= 4 is 23.9 Å². The van der Waals surface area contributed by atoms with Crippen LogP contribution < -0.4 is 14.4 Å². The molecule has 0 fully saturated rings. The summed E-state index contributed by atoms with van der Waals surface area (Å²) in [4.78, 5) is 36.0. The van der Waals surface area contributed by atoms with Gasteiger partial charge in [-0.3, -0.25) is 14.4 Å². The van der Waals surface area contributed by atoms with Gasteiger partial charge in [0.15, 0.2) is 18.1 Å². The third-order valence-corrected chi connectivity index (χ3v) is 3.19. The summed E-state index contributed by atoms with van der Waals surface area (Å²) in [5, 5.41) is 0. The molecule has 0 bridgehead atoms. The van der Waals surface area contributed by atoms with Gasteiger partial charge < -0.3 is 19.1 Å². The van der Waals surface area contributed by atoms with Crippen molar-refractivity contribution in [1.29, 1.82) is 0 Å². The summed E-state index contributed by atoms with van der Waals surface area (Å²) >= 11 is 0. The molecule has 1 heterocycles. The minimum Gasteiger partial charge on any atom is -0.493 e. The van der Waals surface area contributed by atoms with E-state index < -0.39 is 0 Å². The van der Waals surface area contributed by atoms with Gasteiger partial charge in [-0.25, -0.2) is 0 Å². The number of rotatable bonds is 6. The SMILES string of the molecule is CCOC(=O)CCN1C(=O)COc2c(OC)cc(C=O)cc21. The number of carbonyl (C=O) groups excluding carboxylic acids is 3. The molecule has 0 spiro atoms. The largest absolute Gasteiger partial charge is 0.493 e. The van der Waals surface area contributed by atoms with Crippen LogP contribution in [-0.4, -0.2) is 45.0 Å². The molecular formula is C15H17NO6. The molecule has 1 aliphatic heterocycles. The fourth-order valence-electron chi connectivity index (χ4n) is 2.20. The number of hydrogen-bond acceptors (Lipinski definition) is 6. The highest BCUT2D eigenvalue weighted by Crippen LogP contribution is 2.41. The van der Waals surface area contributed by atoms with Crippen LogP contribution in [0.2, 0.25) is 0 Å². The van der Waals surface area contributed by atoms with E-state index in [1.807, 2.05) is 0 Å². The Kier molecular flexibility index (Phi) is 4.98. The van der Waals surface area contributed by atoms with Gasteiger partial charge in [0.05, 0.1) is 25.8 Å². The molecule has 0 aromatic heterocycles. The number of aldehydes is 1. The van der Waals surface area contributed by atoms with Gasteiger partial charge in [-0.15, -0.1) is 0 Å². The van der Waals surface area contributed by atoms with Crippen molar-refractivity contribution in [1.82, 2.24) is 0 Å². The van der Waals surface area contributed by atoms with Crippen LogP contribution in [0.3, 0.4) is 0 Å². The maximum absolute atomic E-state index is 12.0. The van der Waals surface area contributed by atoms with Crippen molar-refractivity contribution in [2.75, 3.05) is 31.8 Å². The topological polar surface area (TPSA) is 82.1 Å². The second-order valence-electron chi connectivity index (χ2n) is 4.58. The molecule has 22 heavy (non-hydrogen) atoms. The van der Waals surface area contributed by atoms with E-state index in [1.165, 1.54) is 24.1 Å². The number of fused-ring (bicyclic) bond motifs is 1. The molecule has 118 valence electrons. The summed E-state index contributed by atoms with van der Waals surface area (Å²) in [5.74, 6) is 0.0774. The van der Waals surface area contributed by atoms with E-state index in [9.17, 15) is 14.4 Å². The van der Waals surface area contributed by atoms with Gasteiger partial charge in [-0.05, 0) is 19.1 Å². The zero-order valence-corrected chi connectivity index (χ0v) is 12.5. The van der Waals surface area contributed by atoms with Gasteiger partial charge in [0.1, 0.15) is 6.29 Å². The second kappa shape index (κ2) is 6.93. The molecule has 1 aromatic rings. The first kappa shape index (κ1) is 15.8. The van der Waals surface area contributed by atoms with Gasteiger partial charge in [-0.2, -0.15) is 0 Å². The zero-order chi connectivity index (χ0) is 16.1. The fourth-order valence-corrected chi connectivity index (χ4v) is 2.20. The van der Waals surface area contributed by atoms with Crippen molar-refractivity contribution in [3.05, 3.63) is 17.7 Å². The Hall–Kier alpha value is -2.57. The van der Waals surface area contributed by atoms with Crippen molar-refractivity contribution in [2.45, 2.75) is 13.3 Å². The quantitative estimate of drug-likeness (QED) is 0.580. The van der Waals surface area contributed by atoms with Crippen LogP contribution >= 0.6 is 0 Å². The normalized spacial score (nSPS) is 13.2. The average molecular weight is 307 g/mol. The number of esters is 1. The first-order valence-corrected chi connectivity index (χ1v) is 6.86. The molecule has 1 aliphatic rings. The molecule has 0 saturated heterocycles. The van der Waals surface area contributed by atoms with E-state index in [1.54, 1.807) is 6.92 Å². The van der Waals surface area contributed by atoms with Crippen LogP contribution in [-0.2, 0) is 14.3 Å². The second-order valence-corrected chi connectivity index (χ2v) is 4.58. The van der Waals surface area contributed by atoms with Crippen LogP contribution in [0.4, 0.5) is 5.69 Å². The zero-order valence-electron chi connectivity index (χ0n) is 12.5. The Labute approximate surface area is 127 Å². The highest BCUT2D eigenvalue weighted by molar-refractivity contribution is 6.00. The molecule has 0 saturated carbocycles. The number of methoxy groups -OCH3 is 1. The van der Waals surface area contributed by atoms with Crippen molar-refractivity contribution in [2.24, 2.45) is 0 Å². The van der Waals surface area contributed by atoms with Crippen molar-refractivity contribution in [3.63, 3.8) is 0 Å². The third kappa shape index (κ3) is 3.19. The van der Waals surface area contributed by atoms with Crippen molar-refractivity contribution in [3.8, 4) is 11.5 Å². The predicted octanol–water partition coefficient (Wildman–Crippen LogP) is 1.19. The highest BCUT2D eigenvalue weighted by atomic mass is 16.5. The lowest BCUT2D eigenvalue weighted by atomic mass is 10.1. The molecule has 0 N–H and O–H groups in total. The van der Waals surface area contributed by atoms with Gasteiger partial charge >= 0.3 is 5.97 Å². The lowest BCUT2D eigenvalue weighted by Gasteiger charge is -2.30. The minimum atomic E-state index is -0.387. The van der Waals surface area contributed by atoms with E-state index in [4.69, 9.17) is 14.2 Å². The van der Waals surface area contributed by atoms with Gasteiger partial charge in [0.2, 0.25) is 0 Å². The van der Waals surface area contributed by atoms with Crippen LogP contribution in [0, 0.1) is 0 Å². The molecule has 7 nitrogen and oxygen atoms in total. The van der Waals surface area contributed by atoms with Gasteiger partial charge in [-0.1, -0.05) is 0 Å². The highest BCUT2D eigenvalue weighted by Gasteiger charge is 2.29. The number of amides is 1. The van der Waals surface area contributed by atoms with E-state index in [2.05, 4.69) is 0 Å². The lowest BCUT2D eigenvalue weighted by Crippen LogP contribution is -2.40. The smallest absolute Gasteiger partial charge is 0.307 e. The van der Waals surface area contributed by atoms with Gasteiger partial charge in [0, 0.05) is 12.1 Å². The molecule has 7 heteroatoms. The summed E-state index contributed by atoms with van der Waals surface area (Å²) < 4.78 is 15.4. The lowest BCUT2D eigenvalue weighted by molar-refractivity contribution is -0.142. The standard InChI is InChI=1S/C15H17NO6/c1-3-21-14(19)4-5-16-11-6-10(8-17)7-12(20-2)15(11)22-9-13(16)18/h6-8H,3-5,9H2,1-2H3. The number of ether oxygens (including phenoxy) is 3. The first-order chi connectivity index (χ1) is 10.6. The maximum Gasteiger partial charge on any atom is 0.307 e. The van der Waals surface area contributed by atoms with Gasteiger partial charge in [0.25, 0.3) is 5.91 Å². The molecule has 1 aromatic carbocycles. The van der Waals surface area contributed by atoms with Crippen LogP contribution in [0.25, 0.3) is 0 Å². The van der Waals surface area contributed by atoms with Crippen molar-refractivity contribution < 1.29 is 28.6 Å². The third-order valence-electron chi connectivity index (χ3n) is 3.19. The molecule has 1 amide bonds. The number of carbonyl (C=O) groups is 3. The average Bonchev–Trinajstić information content (AvgIpc) is 2.52. The molecule has 0 radical (unpaired) electrons. The molecule has 0 unspecified atom stereocenters. The Morgan fingerprint density at radius 2 is 2.23 bits per heavy atom. The summed E-state index contributed by atoms with van der Waals surface area (Å²) in [7, 11) is 1.45. The maximum atomic E-state index is 12.0. The molecular weight excluding hydrogens is 290 g/mol. The Morgan fingerprint density at radius 3 is 2.86 bits per heavy atom. The Morgan fingerprint density at radius 1 is 1.45 bits per heavy atom. The monoisotopic (exact) mass is 307 g/mol. The van der Waals surface area contributed by atoms with Crippen LogP contribution in [0.5, 0.6) is 11.5 Å². The van der Waals surface area contributed by atoms with E-state index >= 15 is 0 Å². The number of benzene rings is 1. The Balaban J connectivity index is 2.31. The van der Waals surface area contributed by atoms with Crippen LogP contribution in [0.15, 0.2) is 12.1 Å². The van der Waals surface area contributed by atoms with E-state index in [0.29, 0.717) is 29.0 Å². The first-order valence-electron chi connectivity index (χ1n) is 6.86. The van der Waals surface area contributed by atoms with E-state index in [0.717, 1.165) is 0 Å².